The van der Waals surface area contributed by atoms with Crippen LogP contribution in [0.3, 0.4) is 0 Å². The van der Waals surface area contributed by atoms with E-state index in [1.165, 1.54) is 11.1 Å². The van der Waals surface area contributed by atoms with E-state index in [9.17, 15) is 19.8 Å². The highest BCUT2D eigenvalue weighted by Crippen LogP contribution is 2.78. The number of fused-ring (bicyclic) bond motifs is 4. The molecule has 0 spiro atoms. The van der Waals surface area contributed by atoms with Crippen LogP contribution < -0.4 is 0 Å². The molecule has 1 aromatic carbocycles. The molecule has 6 aliphatic rings. The van der Waals surface area contributed by atoms with Crippen molar-refractivity contribution in [2.45, 2.75) is 146 Å². The molecule has 6 nitrogen and oxygen atoms in total. The van der Waals surface area contributed by atoms with Crippen molar-refractivity contribution >= 4 is 17.5 Å². The molecule has 0 radical (unpaired) electrons. The molecule has 5 fully saturated rings. The lowest BCUT2D eigenvalue weighted by molar-refractivity contribution is -0.274. The Hall–Kier alpha value is -2.44. The topological polar surface area (TPSA) is 93.1 Å². The minimum Gasteiger partial charge on any atom is -0.481 e. The highest BCUT2D eigenvalue weighted by atomic mass is 16.7. The fraction of sp³-hybridized carbons (Fsp3) is 0.721. The van der Waals surface area contributed by atoms with Crippen molar-refractivity contribution in [3.05, 3.63) is 53.6 Å². The van der Waals surface area contributed by atoms with Gasteiger partial charge in [0.1, 0.15) is 0 Å². The molecule has 49 heavy (non-hydrogen) atoms. The van der Waals surface area contributed by atoms with Crippen LogP contribution in [0.15, 0.2) is 42.5 Å². The number of ether oxygens (including phenoxy) is 2. The van der Waals surface area contributed by atoms with Gasteiger partial charge < -0.3 is 19.7 Å². The zero-order chi connectivity index (χ0) is 36.5. The Morgan fingerprint density at radius 1 is 0.816 bits per heavy atom. The molecule has 0 aromatic heterocycles. The number of aliphatic carboxylic acids is 1. The second-order valence-electron chi connectivity index (χ2n) is 18.0. The van der Waals surface area contributed by atoms with Crippen LogP contribution in [-0.2, 0) is 14.3 Å². The molecular weight excluding hydrogens is 612 g/mol. The Bertz CT molecular complexity index is 1480. The number of hydrogen-bond donors (Lipinski definition) is 2. The number of aromatic carboxylic acids is 1. The summed E-state index contributed by atoms with van der Waals surface area (Å²) in [6.45, 7) is 27.9. The second kappa shape index (κ2) is 12.7. The van der Waals surface area contributed by atoms with Crippen molar-refractivity contribution in [1.29, 1.82) is 0 Å². The van der Waals surface area contributed by atoms with Crippen molar-refractivity contribution in [1.82, 2.24) is 0 Å². The van der Waals surface area contributed by atoms with E-state index >= 15 is 0 Å². The van der Waals surface area contributed by atoms with Gasteiger partial charge in [-0.05, 0) is 130 Å². The molecule has 0 amide bonds. The van der Waals surface area contributed by atoms with E-state index in [4.69, 9.17) is 9.47 Å². The van der Waals surface area contributed by atoms with Crippen molar-refractivity contribution in [2.75, 3.05) is 0 Å². The molecule has 1 heterocycles. The molecule has 4 saturated carbocycles. The minimum atomic E-state index is -0.902. The SMILES string of the molecule is C=C(C)C.CC.CC1(C)OC2C[C@H]3C(C)(C)C(c4ccc(C(=O)O)cc4)=CCC3(C)[C@H]3CCC4[C@H]5CCCC5(C(=O)O)C[C@H](O1)[C@@]4(C)C23C. The lowest BCUT2D eigenvalue weighted by atomic mass is 9.31. The van der Waals surface area contributed by atoms with Gasteiger partial charge >= 0.3 is 11.9 Å². The van der Waals surface area contributed by atoms with Gasteiger partial charge in [-0.1, -0.05) is 78.7 Å². The van der Waals surface area contributed by atoms with E-state index in [2.05, 4.69) is 47.3 Å². The van der Waals surface area contributed by atoms with Crippen LogP contribution >= 0.6 is 0 Å². The van der Waals surface area contributed by atoms with Crippen LogP contribution in [0.1, 0.15) is 143 Å². The third kappa shape index (κ3) is 5.48. The summed E-state index contributed by atoms with van der Waals surface area (Å²) >= 11 is 0. The van der Waals surface area contributed by atoms with E-state index in [0.29, 0.717) is 29.7 Å². The molecule has 2 N–H and O–H groups in total. The standard InChI is InChI=1S/C37H50O6.C4H8.C2H6/c1-32(2)23(21-10-12-22(13-11-21)30(38)39)16-18-34(5)26-15-14-24-25-9-8-17-37(25,31(40)41)20-29-35(24,6)36(26,7)28(19-27(32)34)42-33(3,4)43-29;1-4(2)3;1-2/h10-13,16,24-29H,8-9,14-15,17-20H2,1-7H3,(H,38,39)(H,40,41);1H2,2-3H3;1-2H3/t24?,25-,26-,27+,28?,29+,34?,35+,36?,37?;;/m1../s1. The molecular formula is C43H64O6. The fourth-order valence-electron chi connectivity index (χ4n) is 12.8. The third-order valence-corrected chi connectivity index (χ3v) is 14.7. The molecule has 7 rings (SSSR count). The van der Waals surface area contributed by atoms with Crippen LogP contribution in [0, 0.1) is 50.7 Å². The predicted molar refractivity (Wildman–Crippen MR) is 196 cm³/mol. The van der Waals surface area contributed by atoms with Gasteiger partial charge in [-0.3, -0.25) is 4.79 Å². The highest BCUT2D eigenvalue weighted by Gasteiger charge is 2.77. The maximum Gasteiger partial charge on any atom is 0.335 e. The van der Waals surface area contributed by atoms with Gasteiger partial charge in [0, 0.05) is 10.8 Å². The first kappa shape index (κ1) is 37.8. The first-order valence-corrected chi connectivity index (χ1v) is 19.0. The van der Waals surface area contributed by atoms with Crippen molar-refractivity contribution in [3.8, 4) is 0 Å². The number of carbonyl (C=O) groups is 2. The molecule has 1 saturated heterocycles. The second-order valence-corrected chi connectivity index (χ2v) is 18.0. The molecule has 272 valence electrons. The van der Waals surface area contributed by atoms with E-state index in [-0.39, 0.29) is 39.8 Å². The van der Waals surface area contributed by atoms with Crippen molar-refractivity contribution in [3.63, 3.8) is 0 Å². The molecule has 1 aromatic rings. The molecule has 1 aliphatic heterocycles. The van der Waals surface area contributed by atoms with Crippen LogP contribution in [0.25, 0.3) is 5.57 Å². The molecule has 0 bridgehead atoms. The van der Waals surface area contributed by atoms with E-state index in [1.54, 1.807) is 12.1 Å². The molecule has 5 unspecified atom stereocenters. The monoisotopic (exact) mass is 676 g/mol. The summed E-state index contributed by atoms with van der Waals surface area (Å²) in [4.78, 5) is 24.5. The minimum absolute atomic E-state index is 0.00452. The fourth-order valence-corrected chi connectivity index (χ4v) is 12.8. The van der Waals surface area contributed by atoms with E-state index in [1.807, 2.05) is 53.7 Å². The van der Waals surface area contributed by atoms with Crippen LogP contribution in [0.4, 0.5) is 0 Å². The average molecular weight is 677 g/mol. The average Bonchev–Trinajstić information content (AvgIpc) is 3.42. The number of rotatable bonds is 3. The summed E-state index contributed by atoms with van der Waals surface area (Å²) in [5.41, 5.74) is 2.76. The number of allylic oxidation sites excluding steroid dienone is 3. The van der Waals surface area contributed by atoms with Gasteiger partial charge in [0.2, 0.25) is 0 Å². The normalized spacial score (nSPS) is 42.1. The summed E-state index contributed by atoms with van der Waals surface area (Å²) in [5, 5.41) is 20.2. The summed E-state index contributed by atoms with van der Waals surface area (Å²) in [6.07, 6.45) is 9.69. The maximum absolute atomic E-state index is 13.0. The zero-order valence-corrected chi connectivity index (χ0v) is 32.2. The number of carboxylic acids is 2. The predicted octanol–water partition coefficient (Wildman–Crippen LogP) is 10.7. The number of carboxylic acid groups (broad SMARTS) is 2. The van der Waals surface area contributed by atoms with Crippen LogP contribution in [-0.4, -0.2) is 40.1 Å². The van der Waals surface area contributed by atoms with E-state index in [0.717, 1.165) is 50.5 Å². The summed E-state index contributed by atoms with van der Waals surface area (Å²) in [5.74, 6) is -1.05. The Morgan fingerprint density at radius 2 is 1.41 bits per heavy atom. The first-order chi connectivity index (χ1) is 22.8. The smallest absolute Gasteiger partial charge is 0.335 e. The Morgan fingerprint density at radius 3 is 1.98 bits per heavy atom. The summed E-state index contributed by atoms with van der Waals surface area (Å²) in [7, 11) is 0. The van der Waals surface area contributed by atoms with Gasteiger partial charge in [0.15, 0.2) is 5.79 Å². The lowest BCUT2D eigenvalue weighted by Crippen LogP contribution is -2.72. The molecule has 5 aliphatic carbocycles. The maximum atomic E-state index is 13.0. The summed E-state index contributed by atoms with van der Waals surface area (Å²) in [6, 6.07) is 7.39. The van der Waals surface area contributed by atoms with Crippen LogP contribution in [0.5, 0.6) is 0 Å². The molecule has 6 heteroatoms. The largest absolute Gasteiger partial charge is 0.481 e. The van der Waals surface area contributed by atoms with E-state index < -0.39 is 23.1 Å². The first-order valence-electron chi connectivity index (χ1n) is 19.0. The van der Waals surface area contributed by atoms with Gasteiger partial charge in [-0.25, -0.2) is 4.79 Å². The molecule has 10 atom stereocenters. The Kier molecular flexibility index (Phi) is 9.76. The summed E-state index contributed by atoms with van der Waals surface area (Å²) < 4.78 is 14.2. The quantitative estimate of drug-likeness (QED) is 0.310. The Labute approximate surface area is 296 Å². The van der Waals surface area contributed by atoms with Gasteiger partial charge in [0.25, 0.3) is 0 Å². The van der Waals surface area contributed by atoms with Crippen molar-refractivity contribution < 1.29 is 29.3 Å². The number of benzene rings is 1. The van der Waals surface area contributed by atoms with Crippen LogP contribution in [0.2, 0.25) is 0 Å². The van der Waals surface area contributed by atoms with Gasteiger partial charge in [-0.15, -0.1) is 6.58 Å². The lowest BCUT2D eigenvalue weighted by Gasteiger charge is -2.73. The highest BCUT2D eigenvalue weighted by molar-refractivity contribution is 5.88. The number of hydrogen-bond acceptors (Lipinski definition) is 4. The van der Waals surface area contributed by atoms with Gasteiger partial charge in [-0.2, -0.15) is 0 Å². The van der Waals surface area contributed by atoms with Gasteiger partial charge in [0.05, 0.1) is 23.2 Å². The zero-order valence-electron chi connectivity index (χ0n) is 32.2. The van der Waals surface area contributed by atoms with Crippen molar-refractivity contribution in [2.24, 2.45) is 50.7 Å². The third-order valence-electron chi connectivity index (χ3n) is 14.7. The Balaban J connectivity index is 0.000000729.